The summed E-state index contributed by atoms with van der Waals surface area (Å²) in [6.45, 7) is 1.66. The quantitative estimate of drug-likeness (QED) is 0.489. The van der Waals surface area contributed by atoms with Gasteiger partial charge in [0.05, 0.1) is 34.5 Å². The van der Waals surface area contributed by atoms with E-state index in [1.807, 2.05) is 0 Å². The summed E-state index contributed by atoms with van der Waals surface area (Å²) in [5.74, 6) is -0.173. The van der Waals surface area contributed by atoms with Crippen LogP contribution in [0.1, 0.15) is 72.2 Å². The second kappa shape index (κ2) is 8.72. The van der Waals surface area contributed by atoms with E-state index in [2.05, 4.69) is 15.4 Å². The Hall–Kier alpha value is -2.75. The highest BCUT2D eigenvalue weighted by Crippen LogP contribution is 2.56. The number of nitrogens with zero attached hydrogens (tertiary/aromatic N) is 4. The maximum Gasteiger partial charge on any atom is 0.274 e. The number of aliphatic hydroxyl groups excluding tert-OH is 1. The molecular weight excluding hydrogens is 473 g/mol. The number of hydrogen-bond acceptors (Lipinski definition) is 5. The minimum Gasteiger partial charge on any atom is -0.387 e. The average Bonchev–Trinajstić information content (AvgIpc) is 3.52. The zero-order chi connectivity index (χ0) is 25.1. The number of anilines is 1. The number of hydrogen-bond donors (Lipinski definition) is 3. The lowest BCUT2D eigenvalue weighted by Gasteiger charge is -2.25. The first-order valence-electron chi connectivity index (χ1n) is 11.8. The van der Waals surface area contributed by atoms with Crippen molar-refractivity contribution in [1.29, 1.82) is 0 Å². The molecule has 3 atom stereocenters. The minimum absolute atomic E-state index is 0.0573. The summed E-state index contributed by atoms with van der Waals surface area (Å²) < 4.78 is 16.9. The molecule has 3 aromatic rings. The average molecular weight is 502 g/mol. The molecule has 1 aromatic carbocycles. The van der Waals surface area contributed by atoms with Crippen LogP contribution in [0.2, 0.25) is 5.02 Å². The zero-order valence-electron chi connectivity index (χ0n) is 19.9. The van der Waals surface area contributed by atoms with Crippen LogP contribution in [0.4, 0.5) is 10.1 Å². The molecule has 0 bridgehead atoms. The van der Waals surface area contributed by atoms with E-state index in [9.17, 15) is 19.4 Å². The van der Waals surface area contributed by atoms with Gasteiger partial charge < -0.3 is 20.1 Å². The lowest BCUT2D eigenvalue weighted by molar-refractivity contribution is 0.0263. The van der Waals surface area contributed by atoms with Gasteiger partial charge in [0.1, 0.15) is 17.1 Å². The second-order valence-corrected chi connectivity index (χ2v) is 10.5. The number of halogens is 2. The maximum absolute atomic E-state index is 13.5. The number of benzene rings is 1. The maximum atomic E-state index is 13.5. The summed E-state index contributed by atoms with van der Waals surface area (Å²) in [5, 5.41) is 28.5. The van der Waals surface area contributed by atoms with Gasteiger partial charge in [0.2, 0.25) is 0 Å². The smallest absolute Gasteiger partial charge is 0.274 e. The Kier molecular flexibility index (Phi) is 5.97. The topological polar surface area (TPSA) is 105 Å². The van der Waals surface area contributed by atoms with Crippen LogP contribution in [0, 0.1) is 17.7 Å². The van der Waals surface area contributed by atoms with E-state index in [0.717, 1.165) is 24.2 Å². The molecule has 2 aliphatic rings. The number of amides is 1. The Balaban J connectivity index is 1.32. The molecule has 0 radical (unpaired) electrons. The molecule has 2 fully saturated rings. The molecular formula is C25H29ClFN5O3. The van der Waals surface area contributed by atoms with Crippen molar-refractivity contribution >= 4 is 23.2 Å². The van der Waals surface area contributed by atoms with Gasteiger partial charge in [-0.15, -0.1) is 0 Å². The van der Waals surface area contributed by atoms with Crippen LogP contribution in [-0.2, 0) is 19.7 Å². The Morgan fingerprint density at radius 3 is 2.54 bits per heavy atom. The first kappa shape index (κ1) is 24.0. The van der Waals surface area contributed by atoms with Gasteiger partial charge in [-0.2, -0.15) is 5.10 Å². The molecule has 0 aliphatic heterocycles. The van der Waals surface area contributed by atoms with Crippen LogP contribution >= 0.6 is 11.6 Å². The van der Waals surface area contributed by atoms with E-state index in [1.165, 1.54) is 18.2 Å². The molecule has 8 nitrogen and oxygen atoms in total. The van der Waals surface area contributed by atoms with Crippen LogP contribution in [0.15, 0.2) is 30.6 Å². The number of aliphatic hydroxyl groups is 2. The molecule has 1 amide bonds. The molecule has 2 aromatic heterocycles. The highest BCUT2D eigenvalue weighted by atomic mass is 35.5. The van der Waals surface area contributed by atoms with Gasteiger partial charge in [0.15, 0.2) is 0 Å². The number of carbonyl (C=O) groups excluding carboxylic acids is 1. The van der Waals surface area contributed by atoms with Crippen molar-refractivity contribution in [3.63, 3.8) is 0 Å². The fraction of sp³-hybridized carbons (Fsp3) is 0.480. The third-order valence-corrected chi connectivity index (χ3v) is 7.88. The lowest BCUT2D eigenvalue weighted by atomic mass is 9.90. The van der Waals surface area contributed by atoms with Crippen LogP contribution < -0.4 is 5.32 Å². The second-order valence-electron chi connectivity index (χ2n) is 10.1. The molecule has 0 saturated heterocycles. The molecule has 2 saturated carbocycles. The van der Waals surface area contributed by atoms with E-state index >= 15 is 0 Å². The van der Waals surface area contributed by atoms with Crippen molar-refractivity contribution in [1.82, 2.24) is 19.3 Å². The minimum atomic E-state index is -0.985. The van der Waals surface area contributed by atoms with E-state index in [1.54, 1.807) is 42.7 Å². The Bertz CT molecular complexity index is 1270. The number of fused-ring (bicyclic) bond motifs is 1. The van der Waals surface area contributed by atoms with Crippen LogP contribution in [0.5, 0.6) is 0 Å². The van der Waals surface area contributed by atoms with Crippen molar-refractivity contribution < 1.29 is 19.4 Å². The van der Waals surface area contributed by atoms with E-state index in [-0.39, 0.29) is 16.8 Å². The Morgan fingerprint density at radius 1 is 1.26 bits per heavy atom. The van der Waals surface area contributed by atoms with Crippen LogP contribution in [-0.4, -0.2) is 35.5 Å². The first-order chi connectivity index (χ1) is 16.6. The highest BCUT2D eigenvalue weighted by Gasteiger charge is 2.51. The first-order valence-corrected chi connectivity index (χ1v) is 12.2. The summed E-state index contributed by atoms with van der Waals surface area (Å²) in [4.78, 5) is 17.7. The Labute approximate surface area is 207 Å². The van der Waals surface area contributed by atoms with Gasteiger partial charge in [-0.05, 0) is 68.7 Å². The molecule has 0 spiro atoms. The summed E-state index contributed by atoms with van der Waals surface area (Å²) in [7, 11) is 3.57. The normalized spacial score (nSPS) is 26.7. The predicted molar refractivity (Wildman–Crippen MR) is 128 cm³/mol. The molecule has 5 rings (SSSR count). The SMILES string of the molecule is CC(O)c1cc(C2(O)CC3CC(c4ncn(C)c4C(=O)Nc4ccc(F)c(Cl)c4)CC3C2)n(C)n1. The summed E-state index contributed by atoms with van der Waals surface area (Å²) >= 11 is 5.85. The number of aryl methyl sites for hydroxylation is 2. The number of rotatable bonds is 5. The van der Waals surface area contributed by atoms with Gasteiger partial charge in [-0.3, -0.25) is 9.48 Å². The molecule has 186 valence electrons. The summed E-state index contributed by atoms with van der Waals surface area (Å²) in [6, 6.07) is 5.87. The van der Waals surface area contributed by atoms with E-state index in [0.29, 0.717) is 41.8 Å². The van der Waals surface area contributed by atoms with Crippen molar-refractivity contribution in [2.75, 3.05) is 5.32 Å². The number of aromatic nitrogens is 4. The Morgan fingerprint density at radius 2 is 1.94 bits per heavy atom. The molecule has 10 heteroatoms. The fourth-order valence-electron chi connectivity index (χ4n) is 6.01. The predicted octanol–water partition coefficient (Wildman–Crippen LogP) is 4.04. The van der Waals surface area contributed by atoms with Gasteiger partial charge in [-0.25, -0.2) is 9.37 Å². The molecule has 2 aliphatic carbocycles. The van der Waals surface area contributed by atoms with Crippen molar-refractivity contribution in [2.45, 2.75) is 50.2 Å². The van der Waals surface area contributed by atoms with Gasteiger partial charge in [0.25, 0.3) is 5.91 Å². The monoisotopic (exact) mass is 501 g/mol. The fourth-order valence-corrected chi connectivity index (χ4v) is 6.19. The molecule has 2 heterocycles. The number of nitrogens with one attached hydrogen (secondary N) is 1. The lowest BCUT2D eigenvalue weighted by Crippen LogP contribution is -2.26. The highest BCUT2D eigenvalue weighted by molar-refractivity contribution is 6.31. The van der Waals surface area contributed by atoms with Crippen LogP contribution in [0.3, 0.4) is 0 Å². The number of imidazole rings is 1. The standard InChI is InChI=1S/C25H29ClFN5O3/c1-13(33)20-9-21(32(3)30-20)25(35)10-15-6-14(7-16(15)11-25)22-23(31(2)12-28-22)24(34)29-17-4-5-19(27)18(26)8-17/h4-5,8-9,12-16,33,35H,6-7,10-11H2,1-3H3,(H,29,34). The van der Waals surface area contributed by atoms with Crippen molar-refractivity contribution in [3.05, 3.63) is 64.2 Å². The van der Waals surface area contributed by atoms with E-state index in [4.69, 9.17) is 11.6 Å². The summed E-state index contributed by atoms with van der Waals surface area (Å²) in [5.41, 5.74) is 1.93. The third-order valence-electron chi connectivity index (χ3n) is 7.59. The zero-order valence-corrected chi connectivity index (χ0v) is 20.6. The largest absolute Gasteiger partial charge is 0.387 e. The molecule has 3 unspecified atom stereocenters. The van der Waals surface area contributed by atoms with Crippen molar-refractivity contribution in [3.8, 4) is 0 Å². The van der Waals surface area contributed by atoms with E-state index < -0.39 is 17.5 Å². The van der Waals surface area contributed by atoms with Crippen LogP contribution in [0.25, 0.3) is 0 Å². The van der Waals surface area contributed by atoms with Gasteiger partial charge in [-0.1, -0.05) is 11.6 Å². The third kappa shape index (κ3) is 4.26. The van der Waals surface area contributed by atoms with Gasteiger partial charge in [0, 0.05) is 25.7 Å². The summed E-state index contributed by atoms with van der Waals surface area (Å²) in [6.07, 6.45) is 3.81. The number of carbonyl (C=O) groups is 1. The van der Waals surface area contributed by atoms with Gasteiger partial charge >= 0.3 is 0 Å². The van der Waals surface area contributed by atoms with Crippen molar-refractivity contribution in [2.24, 2.45) is 25.9 Å². The molecule has 35 heavy (non-hydrogen) atoms. The molecule has 3 N–H and O–H groups in total.